The van der Waals surface area contributed by atoms with Crippen molar-refractivity contribution in [2.45, 2.75) is 57.4 Å². The Hall–Kier alpha value is -0.280. The van der Waals surface area contributed by atoms with Crippen molar-refractivity contribution < 1.29 is 4.79 Å². The molecule has 4 heteroatoms. The van der Waals surface area contributed by atoms with E-state index in [9.17, 15) is 4.79 Å². The van der Waals surface area contributed by atoms with Crippen LogP contribution in [0.2, 0.25) is 0 Å². The summed E-state index contributed by atoms with van der Waals surface area (Å²) in [7, 11) is 0. The Morgan fingerprint density at radius 3 is 2.59 bits per heavy atom. The zero-order valence-corrected chi connectivity index (χ0v) is 11.4. The van der Waals surface area contributed by atoms with Crippen LogP contribution in [0.5, 0.6) is 0 Å². The lowest BCUT2D eigenvalue weighted by molar-refractivity contribution is -0.121. The Kier molecular flexibility index (Phi) is 6.90. The zero-order chi connectivity index (χ0) is 11.2. The van der Waals surface area contributed by atoms with Crippen LogP contribution in [0.1, 0.15) is 51.4 Å². The average molecular weight is 261 g/mol. The molecular formula is C13H25ClN2O. The predicted molar refractivity (Wildman–Crippen MR) is 72.5 cm³/mol. The third-order valence-corrected chi connectivity index (χ3v) is 3.94. The number of carbonyl (C=O) groups excluding carboxylic acids is 1. The molecule has 100 valence electrons. The van der Waals surface area contributed by atoms with Crippen molar-refractivity contribution in [2.24, 2.45) is 5.92 Å². The topological polar surface area (TPSA) is 41.1 Å². The van der Waals surface area contributed by atoms with E-state index in [4.69, 9.17) is 0 Å². The van der Waals surface area contributed by atoms with Crippen molar-refractivity contribution in [1.82, 2.24) is 10.6 Å². The summed E-state index contributed by atoms with van der Waals surface area (Å²) in [5, 5.41) is 6.51. The van der Waals surface area contributed by atoms with Crippen molar-refractivity contribution in [3.8, 4) is 0 Å². The third-order valence-electron chi connectivity index (χ3n) is 3.94. The molecule has 2 rings (SSSR count). The van der Waals surface area contributed by atoms with E-state index in [0.29, 0.717) is 12.5 Å². The largest absolute Gasteiger partial charge is 0.356 e. The average Bonchev–Trinajstić information content (AvgIpc) is 2.96. The van der Waals surface area contributed by atoms with E-state index in [0.717, 1.165) is 25.4 Å². The van der Waals surface area contributed by atoms with Gasteiger partial charge in [-0.3, -0.25) is 4.79 Å². The molecule has 2 N–H and O–H groups in total. The van der Waals surface area contributed by atoms with Gasteiger partial charge >= 0.3 is 0 Å². The molecule has 1 aliphatic heterocycles. The van der Waals surface area contributed by atoms with E-state index >= 15 is 0 Å². The highest BCUT2D eigenvalue weighted by molar-refractivity contribution is 5.85. The highest BCUT2D eigenvalue weighted by atomic mass is 35.5. The summed E-state index contributed by atoms with van der Waals surface area (Å²) in [4.78, 5) is 11.6. The second kappa shape index (κ2) is 7.93. The molecule has 17 heavy (non-hydrogen) atoms. The molecule has 1 heterocycles. The first-order valence-electron chi connectivity index (χ1n) is 6.84. The van der Waals surface area contributed by atoms with Gasteiger partial charge < -0.3 is 10.6 Å². The lowest BCUT2D eigenvalue weighted by Crippen LogP contribution is -2.30. The van der Waals surface area contributed by atoms with Gasteiger partial charge in [-0.25, -0.2) is 0 Å². The molecule has 1 unspecified atom stereocenters. The van der Waals surface area contributed by atoms with Gasteiger partial charge in [-0.1, -0.05) is 12.8 Å². The smallest absolute Gasteiger partial charge is 0.220 e. The minimum absolute atomic E-state index is 0. The van der Waals surface area contributed by atoms with E-state index in [-0.39, 0.29) is 18.3 Å². The van der Waals surface area contributed by atoms with Crippen LogP contribution < -0.4 is 10.6 Å². The summed E-state index contributed by atoms with van der Waals surface area (Å²) in [6.45, 7) is 2.05. The monoisotopic (exact) mass is 260 g/mol. The SMILES string of the molecule is Cl.O=C(CCC1CCCN1)NCC1CCCC1. The first kappa shape index (κ1) is 14.8. The van der Waals surface area contributed by atoms with Crippen molar-refractivity contribution in [1.29, 1.82) is 0 Å². The first-order chi connectivity index (χ1) is 7.84. The lowest BCUT2D eigenvalue weighted by atomic mass is 10.1. The maximum Gasteiger partial charge on any atom is 0.220 e. The number of carbonyl (C=O) groups is 1. The second-order valence-corrected chi connectivity index (χ2v) is 5.29. The fourth-order valence-electron chi connectivity index (χ4n) is 2.87. The zero-order valence-electron chi connectivity index (χ0n) is 10.5. The molecule has 0 aromatic carbocycles. The van der Waals surface area contributed by atoms with Crippen molar-refractivity contribution in [2.75, 3.05) is 13.1 Å². The van der Waals surface area contributed by atoms with Gasteiger partial charge in [-0.2, -0.15) is 0 Å². The minimum Gasteiger partial charge on any atom is -0.356 e. The predicted octanol–water partition coefficient (Wildman–Crippen LogP) is 2.25. The van der Waals surface area contributed by atoms with Gasteiger partial charge in [0.25, 0.3) is 0 Å². The molecule has 0 spiro atoms. The summed E-state index contributed by atoms with van der Waals surface area (Å²) >= 11 is 0. The van der Waals surface area contributed by atoms with Gasteiger partial charge in [-0.05, 0) is 44.6 Å². The fraction of sp³-hybridized carbons (Fsp3) is 0.923. The van der Waals surface area contributed by atoms with E-state index < -0.39 is 0 Å². The van der Waals surface area contributed by atoms with Gasteiger partial charge in [-0.15, -0.1) is 12.4 Å². The molecule has 1 saturated carbocycles. The van der Waals surface area contributed by atoms with Crippen LogP contribution in [0, 0.1) is 5.92 Å². The Balaban J connectivity index is 0.00000144. The quantitative estimate of drug-likeness (QED) is 0.796. The Morgan fingerprint density at radius 1 is 1.18 bits per heavy atom. The summed E-state index contributed by atoms with van der Waals surface area (Å²) in [5.41, 5.74) is 0. The standard InChI is InChI=1S/C13H24N2O.ClH/c16-13(8-7-12-6-3-9-14-12)15-10-11-4-1-2-5-11;/h11-12,14H,1-10H2,(H,15,16);1H. The normalized spacial score (nSPS) is 24.6. The second-order valence-electron chi connectivity index (χ2n) is 5.29. The number of rotatable bonds is 5. The maximum absolute atomic E-state index is 11.6. The van der Waals surface area contributed by atoms with Gasteiger partial charge in [0.2, 0.25) is 5.91 Å². The Labute approximate surface area is 111 Å². The summed E-state index contributed by atoms with van der Waals surface area (Å²) in [6.07, 6.45) is 9.55. The van der Waals surface area contributed by atoms with E-state index in [1.54, 1.807) is 0 Å². The van der Waals surface area contributed by atoms with Crippen molar-refractivity contribution in [3.05, 3.63) is 0 Å². The van der Waals surface area contributed by atoms with Crippen LogP contribution in [-0.4, -0.2) is 25.0 Å². The van der Waals surface area contributed by atoms with E-state index in [2.05, 4.69) is 10.6 Å². The van der Waals surface area contributed by atoms with Gasteiger partial charge in [0.15, 0.2) is 0 Å². The molecule has 3 nitrogen and oxygen atoms in total. The molecule has 1 aliphatic carbocycles. The molecule has 0 radical (unpaired) electrons. The molecule has 1 amide bonds. The number of halogens is 1. The van der Waals surface area contributed by atoms with E-state index in [1.165, 1.54) is 38.5 Å². The van der Waals surface area contributed by atoms with E-state index in [1.807, 2.05) is 0 Å². The van der Waals surface area contributed by atoms with Gasteiger partial charge in [0.1, 0.15) is 0 Å². The lowest BCUT2D eigenvalue weighted by Gasteiger charge is -2.12. The Bertz CT molecular complexity index is 201. The van der Waals surface area contributed by atoms with Gasteiger partial charge in [0.05, 0.1) is 0 Å². The first-order valence-corrected chi connectivity index (χ1v) is 6.84. The summed E-state index contributed by atoms with van der Waals surface area (Å²) in [6, 6.07) is 0.595. The highest BCUT2D eigenvalue weighted by Crippen LogP contribution is 2.23. The maximum atomic E-state index is 11.6. The molecule has 2 fully saturated rings. The van der Waals surface area contributed by atoms with Crippen LogP contribution >= 0.6 is 12.4 Å². The van der Waals surface area contributed by atoms with Crippen LogP contribution in [0.3, 0.4) is 0 Å². The molecule has 0 bridgehead atoms. The summed E-state index contributed by atoms with van der Waals surface area (Å²) < 4.78 is 0. The van der Waals surface area contributed by atoms with Crippen LogP contribution in [0.4, 0.5) is 0 Å². The number of amides is 1. The van der Waals surface area contributed by atoms with Crippen LogP contribution in [0.15, 0.2) is 0 Å². The minimum atomic E-state index is 0. The van der Waals surface area contributed by atoms with Crippen LogP contribution in [0.25, 0.3) is 0 Å². The summed E-state index contributed by atoms with van der Waals surface area (Å²) in [5.74, 6) is 1.01. The molecule has 0 aromatic rings. The number of nitrogens with one attached hydrogen (secondary N) is 2. The molecule has 1 saturated heterocycles. The molecular weight excluding hydrogens is 236 g/mol. The van der Waals surface area contributed by atoms with Crippen molar-refractivity contribution >= 4 is 18.3 Å². The Morgan fingerprint density at radius 2 is 1.94 bits per heavy atom. The fourth-order valence-corrected chi connectivity index (χ4v) is 2.87. The van der Waals surface area contributed by atoms with Crippen molar-refractivity contribution in [3.63, 3.8) is 0 Å². The number of hydrogen-bond donors (Lipinski definition) is 2. The third kappa shape index (κ3) is 5.26. The van der Waals surface area contributed by atoms with Gasteiger partial charge in [0, 0.05) is 19.0 Å². The molecule has 2 aliphatic rings. The number of hydrogen-bond acceptors (Lipinski definition) is 2. The highest BCUT2D eigenvalue weighted by Gasteiger charge is 2.17. The van der Waals surface area contributed by atoms with Crippen LogP contribution in [-0.2, 0) is 4.79 Å². The molecule has 1 atom stereocenters. The molecule has 0 aromatic heterocycles.